The van der Waals surface area contributed by atoms with Gasteiger partial charge >= 0.3 is 0 Å². The smallest absolute Gasteiger partial charge is 0.129 e. The van der Waals surface area contributed by atoms with Crippen LogP contribution in [0, 0.1) is 0 Å². The summed E-state index contributed by atoms with van der Waals surface area (Å²) in [6.07, 6.45) is 0. The molecule has 6 heteroatoms. The summed E-state index contributed by atoms with van der Waals surface area (Å²) in [6, 6.07) is 11.4. The Morgan fingerprint density at radius 2 is 1.85 bits per heavy atom. The molecule has 1 aromatic heterocycles. The van der Waals surface area contributed by atoms with Crippen LogP contribution in [-0.2, 0) is 5.88 Å². The fourth-order valence-corrected chi connectivity index (χ4v) is 2.92. The lowest BCUT2D eigenvalue weighted by atomic mass is 10.2. The molecule has 0 bridgehead atoms. The van der Waals surface area contributed by atoms with Gasteiger partial charge in [0.05, 0.1) is 27.0 Å². The Morgan fingerprint density at radius 3 is 2.55 bits per heavy atom. The molecule has 3 rings (SSSR count). The van der Waals surface area contributed by atoms with Gasteiger partial charge in [0.1, 0.15) is 5.82 Å². The van der Waals surface area contributed by atoms with Crippen LogP contribution < -0.4 is 0 Å². The van der Waals surface area contributed by atoms with E-state index in [1.54, 1.807) is 6.07 Å². The first-order chi connectivity index (χ1) is 9.60. The van der Waals surface area contributed by atoms with Gasteiger partial charge in [-0.2, -0.15) is 0 Å². The van der Waals surface area contributed by atoms with Crippen LogP contribution in [0.2, 0.25) is 10.0 Å². The summed E-state index contributed by atoms with van der Waals surface area (Å²) in [5.74, 6) is 1.07. The van der Waals surface area contributed by atoms with E-state index in [9.17, 15) is 0 Å². The third-order valence-corrected chi connectivity index (χ3v) is 4.44. The average Bonchev–Trinajstić information content (AvgIpc) is 2.79. The maximum Gasteiger partial charge on any atom is 0.129 e. The van der Waals surface area contributed by atoms with E-state index in [1.165, 1.54) is 0 Å². The highest BCUT2D eigenvalue weighted by Crippen LogP contribution is 2.29. The van der Waals surface area contributed by atoms with Crippen molar-refractivity contribution >= 4 is 61.8 Å². The zero-order valence-electron chi connectivity index (χ0n) is 10.1. The van der Waals surface area contributed by atoms with Gasteiger partial charge in [0, 0.05) is 10.2 Å². The molecule has 0 amide bonds. The number of imidazole rings is 1. The van der Waals surface area contributed by atoms with Gasteiger partial charge in [-0.05, 0) is 36.4 Å². The van der Waals surface area contributed by atoms with E-state index in [1.807, 2.05) is 34.9 Å². The Bertz CT molecular complexity index is 798. The second kappa shape index (κ2) is 5.57. The second-order valence-electron chi connectivity index (χ2n) is 4.23. The lowest BCUT2D eigenvalue weighted by molar-refractivity contribution is 0.982. The molecule has 0 aliphatic heterocycles. The van der Waals surface area contributed by atoms with Gasteiger partial charge in [0.15, 0.2) is 0 Å². The molecular weight excluding hydrogens is 382 g/mol. The van der Waals surface area contributed by atoms with Crippen LogP contribution in [0.1, 0.15) is 5.82 Å². The highest BCUT2D eigenvalue weighted by Gasteiger charge is 2.13. The maximum absolute atomic E-state index is 6.10. The molecule has 3 aromatic rings. The van der Waals surface area contributed by atoms with Crippen molar-refractivity contribution in [3.8, 4) is 5.69 Å². The standard InChI is InChI=1S/C14H8BrCl3N2/c15-8-1-4-12-13(5-8)20(14(7-16)19-12)9-2-3-10(17)11(18)6-9/h1-6H,7H2. The van der Waals surface area contributed by atoms with Gasteiger partial charge in [0.25, 0.3) is 0 Å². The van der Waals surface area contributed by atoms with Crippen LogP contribution in [0.3, 0.4) is 0 Å². The lowest BCUT2D eigenvalue weighted by Gasteiger charge is -2.09. The van der Waals surface area contributed by atoms with Gasteiger partial charge in [-0.25, -0.2) is 4.98 Å². The van der Waals surface area contributed by atoms with Crippen molar-refractivity contribution in [2.24, 2.45) is 0 Å². The molecule has 0 atom stereocenters. The summed E-state index contributed by atoms with van der Waals surface area (Å²) in [4.78, 5) is 4.53. The zero-order chi connectivity index (χ0) is 14.3. The molecular formula is C14H8BrCl3N2. The number of hydrogen-bond acceptors (Lipinski definition) is 1. The van der Waals surface area contributed by atoms with Gasteiger partial charge in [-0.15, -0.1) is 11.6 Å². The SMILES string of the molecule is ClCc1nc2ccc(Br)cc2n1-c1ccc(Cl)c(Cl)c1. The van der Waals surface area contributed by atoms with Crippen LogP contribution in [0.15, 0.2) is 40.9 Å². The van der Waals surface area contributed by atoms with E-state index >= 15 is 0 Å². The third-order valence-electron chi connectivity index (χ3n) is 2.97. The minimum atomic E-state index is 0.312. The van der Waals surface area contributed by atoms with Crippen molar-refractivity contribution in [3.63, 3.8) is 0 Å². The molecule has 20 heavy (non-hydrogen) atoms. The molecule has 2 aromatic carbocycles. The Morgan fingerprint density at radius 1 is 1.05 bits per heavy atom. The molecule has 0 aliphatic carbocycles. The van der Waals surface area contributed by atoms with Crippen LogP contribution in [0.4, 0.5) is 0 Å². The maximum atomic E-state index is 6.10. The van der Waals surface area contributed by atoms with Crippen LogP contribution >= 0.6 is 50.7 Å². The van der Waals surface area contributed by atoms with E-state index in [0.717, 1.165) is 27.0 Å². The zero-order valence-corrected chi connectivity index (χ0v) is 13.9. The number of nitrogens with zero attached hydrogens (tertiary/aromatic N) is 2. The van der Waals surface area contributed by atoms with Crippen molar-refractivity contribution in [2.45, 2.75) is 5.88 Å². The van der Waals surface area contributed by atoms with Crippen LogP contribution in [0.5, 0.6) is 0 Å². The van der Waals surface area contributed by atoms with Crippen molar-refractivity contribution in [2.75, 3.05) is 0 Å². The number of halogens is 4. The lowest BCUT2D eigenvalue weighted by Crippen LogP contribution is -1.99. The minimum absolute atomic E-state index is 0.312. The number of benzene rings is 2. The van der Waals surface area contributed by atoms with E-state index in [4.69, 9.17) is 34.8 Å². The van der Waals surface area contributed by atoms with Crippen molar-refractivity contribution in [3.05, 3.63) is 56.7 Å². The Labute approximate surface area is 139 Å². The van der Waals surface area contributed by atoms with Gasteiger partial charge in [-0.1, -0.05) is 39.1 Å². The fourth-order valence-electron chi connectivity index (χ4n) is 2.10. The Hall–Kier alpha value is -0.740. The number of hydrogen-bond donors (Lipinski definition) is 0. The molecule has 0 aliphatic rings. The highest BCUT2D eigenvalue weighted by molar-refractivity contribution is 9.10. The Kier molecular flexibility index (Phi) is 3.95. The van der Waals surface area contributed by atoms with E-state index < -0.39 is 0 Å². The first-order valence-corrected chi connectivity index (χ1v) is 7.87. The summed E-state index contributed by atoms with van der Waals surface area (Å²) in [5, 5.41) is 1.02. The third kappa shape index (κ3) is 2.44. The molecule has 0 fully saturated rings. The molecule has 0 unspecified atom stereocenters. The minimum Gasteiger partial charge on any atom is -0.295 e. The predicted molar refractivity (Wildman–Crippen MR) is 88.3 cm³/mol. The summed E-state index contributed by atoms with van der Waals surface area (Å²) >= 11 is 21.6. The Balaban J connectivity index is 2.32. The molecule has 0 N–H and O–H groups in total. The number of alkyl halides is 1. The fraction of sp³-hybridized carbons (Fsp3) is 0.0714. The molecule has 0 saturated carbocycles. The highest BCUT2D eigenvalue weighted by atomic mass is 79.9. The second-order valence-corrected chi connectivity index (χ2v) is 6.23. The summed E-state index contributed by atoms with van der Waals surface area (Å²) < 4.78 is 2.96. The number of rotatable bonds is 2. The largest absolute Gasteiger partial charge is 0.295 e. The molecule has 0 saturated heterocycles. The predicted octanol–water partition coefficient (Wildman–Crippen LogP) is 5.83. The number of aromatic nitrogens is 2. The first kappa shape index (κ1) is 14.2. The van der Waals surface area contributed by atoms with Gasteiger partial charge in [-0.3, -0.25) is 4.57 Å². The summed E-state index contributed by atoms with van der Waals surface area (Å²) in [6.45, 7) is 0. The molecule has 1 heterocycles. The van der Waals surface area contributed by atoms with Gasteiger partial charge in [0.2, 0.25) is 0 Å². The van der Waals surface area contributed by atoms with Crippen LogP contribution in [0.25, 0.3) is 16.7 Å². The van der Waals surface area contributed by atoms with E-state index in [-0.39, 0.29) is 0 Å². The number of fused-ring (bicyclic) bond motifs is 1. The quantitative estimate of drug-likeness (QED) is 0.503. The monoisotopic (exact) mass is 388 g/mol. The van der Waals surface area contributed by atoms with Gasteiger partial charge < -0.3 is 0 Å². The van der Waals surface area contributed by atoms with E-state index in [0.29, 0.717) is 15.9 Å². The molecule has 0 radical (unpaired) electrons. The normalized spacial score (nSPS) is 11.2. The van der Waals surface area contributed by atoms with Crippen LogP contribution in [-0.4, -0.2) is 9.55 Å². The van der Waals surface area contributed by atoms with Crippen molar-refractivity contribution < 1.29 is 0 Å². The molecule has 2 nitrogen and oxygen atoms in total. The van der Waals surface area contributed by atoms with E-state index in [2.05, 4.69) is 20.9 Å². The molecule has 0 spiro atoms. The first-order valence-electron chi connectivity index (χ1n) is 5.78. The average molecular weight is 390 g/mol. The van der Waals surface area contributed by atoms with Crippen molar-refractivity contribution in [1.82, 2.24) is 9.55 Å². The topological polar surface area (TPSA) is 17.8 Å². The summed E-state index contributed by atoms with van der Waals surface area (Å²) in [5.41, 5.74) is 2.74. The molecule has 102 valence electrons. The summed E-state index contributed by atoms with van der Waals surface area (Å²) in [7, 11) is 0. The van der Waals surface area contributed by atoms with Crippen molar-refractivity contribution in [1.29, 1.82) is 0 Å².